The summed E-state index contributed by atoms with van der Waals surface area (Å²) in [4.78, 5) is 88.9. The molecule has 12 heteroatoms. The van der Waals surface area contributed by atoms with Crippen molar-refractivity contribution in [2.24, 2.45) is 11.8 Å². The number of fused-ring (bicyclic) bond motifs is 2. The van der Waals surface area contributed by atoms with E-state index in [1.807, 2.05) is 13.8 Å². The number of hydrogen-bond donors (Lipinski definition) is 3. The molecule has 4 rings (SSSR count). The monoisotopic (exact) mass is 652 g/mol. The van der Waals surface area contributed by atoms with E-state index in [9.17, 15) is 33.9 Å². The van der Waals surface area contributed by atoms with Crippen LogP contribution in [0, 0.1) is 11.8 Å². The van der Waals surface area contributed by atoms with Gasteiger partial charge >= 0.3 is 0 Å². The molecule has 0 bridgehead atoms. The molecule has 3 N–H and O–H groups in total. The summed E-state index contributed by atoms with van der Waals surface area (Å²) >= 11 is 0. The van der Waals surface area contributed by atoms with Crippen LogP contribution in [0.1, 0.15) is 95.3 Å². The van der Waals surface area contributed by atoms with Crippen LogP contribution in [0.25, 0.3) is 10.9 Å². The molecule has 0 spiro atoms. The Morgan fingerprint density at radius 3 is 2.47 bits per heavy atom. The van der Waals surface area contributed by atoms with Crippen molar-refractivity contribution in [3.05, 3.63) is 36.0 Å². The van der Waals surface area contributed by atoms with Gasteiger partial charge in [-0.1, -0.05) is 51.3 Å². The number of nitrogens with zero attached hydrogens (tertiary/aromatic N) is 2. The Hall–Kier alpha value is -4.06. The van der Waals surface area contributed by atoms with Crippen LogP contribution in [0.2, 0.25) is 0 Å². The van der Waals surface area contributed by atoms with Crippen LogP contribution in [0.4, 0.5) is 0 Å². The molecule has 0 saturated carbocycles. The second kappa shape index (κ2) is 16.2. The number of aliphatic hydroxyl groups is 1. The predicted octanol–water partition coefficient (Wildman–Crippen LogP) is 2.77. The van der Waals surface area contributed by atoms with Gasteiger partial charge in [-0.15, -0.1) is 0 Å². The fourth-order valence-corrected chi connectivity index (χ4v) is 6.57. The molecule has 256 valence electrons. The molecule has 47 heavy (non-hydrogen) atoms. The first kappa shape index (κ1) is 35.8. The fraction of sp³-hybridized carbons (Fsp3) is 0.600. The summed E-state index contributed by atoms with van der Waals surface area (Å²) in [7, 11) is 1.45. The summed E-state index contributed by atoms with van der Waals surface area (Å²) in [5, 5.41) is 15.5. The van der Waals surface area contributed by atoms with E-state index in [4.69, 9.17) is 4.84 Å². The number of Topliss-reactive ketones (excluding diaryl/α,β-unsaturated/α-hetero) is 3. The average Bonchev–Trinajstić information content (AvgIpc) is 3.46. The minimum Gasteiger partial charge on any atom is -0.417 e. The minimum absolute atomic E-state index is 0.146. The van der Waals surface area contributed by atoms with Crippen molar-refractivity contribution < 1.29 is 38.7 Å². The maximum absolute atomic E-state index is 14.2. The van der Waals surface area contributed by atoms with Gasteiger partial charge in [-0.25, -0.2) is 0 Å². The van der Waals surface area contributed by atoms with E-state index in [1.165, 1.54) is 25.0 Å². The lowest BCUT2D eigenvalue weighted by molar-refractivity contribution is -0.147. The number of amides is 3. The van der Waals surface area contributed by atoms with Crippen LogP contribution in [0.5, 0.6) is 0 Å². The zero-order chi connectivity index (χ0) is 34.2. The Morgan fingerprint density at radius 2 is 1.77 bits per heavy atom. The molecule has 0 aliphatic carbocycles. The van der Waals surface area contributed by atoms with Crippen molar-refractivity contribution in [2.75, 3.05) is 13.7 Å². The van der Waals surface area contributed by atoms with Crippen molar-refractivity contribution >= 4 is 46.0 Å². The highest BCUT2D eigenvalue weighted by atomic mass is 16.6. The molecule has 2 aromatic rings. The average molecular weight is 653 g/mol. The lowest BCUT2D eigenvalue weighted by Gasteiger charge is -2.39. The van der Waals surface area contributed by atoms with Crippen LogP contribution >= 0.6 is 0 Å². The zero-order valence-electron chi connectivity index (χ0n) is 27.8. The van der Waals surface area contributed by atoms with Gasteiger partial charge < -0.3 is 25.5 Å². The Balaban J connectivity index is 1.69. The maximum Gasteiger partial charge on any atom is 0.251 e. The number of carbonyl (C=O) groups is 6. The molecule has 2 saturated heterocycles. The van der Waals surface area contributed by atoms with Crippen molar-refractivity contribution in [2.45, 2.75) is 109 Å². The summed E-state index contributed by atoms with van der Waals surface area (Å²) in [5.74, 6) is -4.08. The second-order valence-electron chi connectivity index (χ2n) is 12.9. The van der Waals surface area contributed by atoms with Crippen molar-refractivity contribution in [3.63, 3.8) is 0 Å². The molecule has 1 aromatic carbocycles. The molecule has 2 fully saturated rings. The summed E-state index contributed by atoms with van der Waals surface area (Å²) < 4.78 is 1.41. The van der Waals surface area contributed by atoms with E-state index in [0.29, 0.717) is 49.6 Å². The molecule has 2 aliphatic heterocycles. The van der Waals surface area contributed by atoms with Gasteiger partial charge in [-0.3, -0.25) is 28.8 Å². The minimum atomic E-state index is -1.67. The lowest BCUT2D eigenvalue weighted by Crippen LogP contribution is -2.62. The third kappa shape index (κ3) is 8.27. The Bertz CT molecular complexity index is 1480. The molecule has 2 unspecified atom stereocenters. The van der Waals surface area contributed by atoms with Crippen LogP contribution in [0.3, 0.4) is 0 Å². The molecule has 1 aromatic heterocycles. The molecule has 0 radical (unpaired) electrons. The third-order valence-electron chi connectivity index (χ3n) is 9.65. The van der Waals surface area contributed by atoms with E-state index in [0.717, 1.165) is 12.8 Å². The molecule has 12 nitrogen and oxygen atoms in total. The number of benzene rings is 1. The molecular formula is C35H48N4O8. The highest BCUT2D eigenvalue weighted by Crippen LogP contribution is 2.27. The summed E-state index contributed by atoms with van der Waals surface area (Å²) in [6, 6.07) is 3.66. The number of piperidine rings is 1. The van der Waals surface area contributed by atoms with Gasteiger partial charge in [0.25, 0.3) is 5.91 Å². The van der Waals surface area contributed by atoms with Crippen molar-refractivity contribution in [1.82, 2.24) is 20.3 Å². The van der Waals surface area contributed by atoms with Gasteiger partial charge in [0, 0.05) is 36.3 Å². The van der Waals surface area contributed by atoms with Gasteiger partial charge in [0.1, 0.15) is 19.3 Å². The topological polar surface area (TPSA) is 164 Å². The summed E-state index contributed by atoms with van der Waals surface area (Å²) in [5.41, 5.74) is 0.757. The number of unbranched alkanes of at least 4 members (excludes halogenated alkanes) is 2. The Kier molecular flexibility index (Phi) is 12.3. The number of para-hydroxylation sites is 1. The number of aliphatic hydroxyl groups excluding tert-OH is 1. The normalized spacial score (nSPS) is 24.0. The smallest absolute Gasteiger partial charge is 0.251 e. The molecule has 3 amide bonds. The molecular weight excluding hydrogens is 604 g/mol. The van der Waals surface area contributed by atoms with Gasteiger partial charge in [-0.2, -0.15) is 4.73 Å². The largest absolute Gasteiger partial charge is 0.417 e. The Labute approximate surface area is 275 Å². The van der Waals surface area contributed by atoms with E-state index in [-0.39, 0.29) is 48.2 Å². The number of ketones is 3. The maximum atomic E-state index is 14.2. The highest BCUT2D eigenvalue weighted by Gasteiger charge is 2.42. The van der Waals surface area contributed by atoms with Gasteiger partial charge in [-0.05, 0) is 51.0 Å². The fourth-order valence-electron chi connectivity index (χ4n) is 6.57. The number of carbonyl (C=O) groups excluding carboxylic acids is 6. The van der Waals surface area contributed by atoms with Crippen LogP contribution in [-0.4, -0.2) is 87.7 Å². The molecule has 6 atom stereocenters. The van der Waals surface area contributed by atoms with Crippen LogP contribution < -0.4 is 15.5 Å². The SMILES string of the molecule is CCC(C)[C@@H]1NC(=O)[C@H](C(=O)c2cn(OC)c3ccccc23)NC(=O)[C@H](CCCCCC(=O)C(C)O)CC(=O)[C@H]2CCCCN2C1=O. The predicted molar refractivity (Wildman–Crippen MR) is 174 cm³/mol. The van der Waals surface area contributed by atoms with Gasteiger partial charge in [0.05, 0.1) is 17.8 Å². The van der Waals surface area contributed by atoms with E-state index < -0.39 is 47.7 Å². The number of nitrogens with one attached hydrogen (secondary N) is 2. The zero-order valence-corrected chi connectivity index (χ0v) is 27.8. The third-order valence-corrected chi connectivity index (χ3v) is 9.65. The molecule has 2 aliphatic rings. The second-order valence-corrected chi connectivity index (χ2v) is 12.9. The summed E-state index contributed by atoms with van der Waals surface area (Å²) in [6.45, 7) is 5.52. The first-order chi connectivity index (χ1) is 22.5. The van der Waals surface area contributed by atoms with E-state index >= 15 is 0 Å². The highest BCUT2D eigenvalue weighted by molar-refractivity contribution is 6.20. The van der Waals surface area contributed by atoms with Crippen molar-refractivity contribution in [1.29, 1.82) is 0 Å². The van der Waals surface area contributed by atoms with Crippen molar-refractivity contribution in [3.8, 4) is 0 Å². The number of aromatic nitrogens is 1. The van der Waals surface area contributed by atoms with Gasteiger partial charge in [0.2, 0.25) is 11.8 Å². The van der Waals surface area contributed by atoms with Crippen LogP contribution in [-0.2, 0) is 24.0 Å². The number of hydrogen-bond acceptors (Lipinski definition) is 8. The Morgan fingerprint density at radius 1 is 1.02 bits per heavy atom. The van der Waals surface area contributed by atoms with Gasteiger partial charge in [0.15, 0.2) is 23.4 Å². The first-order valence-electron chi connectivity index (χ1n) is 16.8. The summed E-state index contributed by atoms with van der Waals surface area (Å²) in [6.07, 6.45) is 4.89. The standard InChI is InChI=1S/C35H48N4O8/c1-5-21(2)30-35(46)38-18-12-11-16-27(38)29(42)19-23(13-7-6-8-17-28(41)22(3)40)33(44)37-31(34(45)36-30)32(43)25-20-39(47-4)26-15-10-9-14-24(25)26/h9-10,14-15,20-23,27,30-31,40H,5-8,11-13,16-19H2,1-4H3,(H,36,45)(H,37,44)/t21?,22?,23-,27-,30+,31+/m1/s1. The van der Waals surface area contributed by atoms with E-state index in [1.54, 1.807) is 29.2 Å². The van der Waals surface area contributed by atoms with Crippen LogP contribution in [0.15, 0.2) is 30.5 Å². The number of rotatable bonds is 12. The molecule has 3 heterocycles. The quantitative estimate of drug-likeness (QED) is 0.179. The first-order valence-corrected chi connectivity index (χ1v) is 16.8. The van der Waals surface area contributed by atoms with E-state index in [2.05, 4.69) is 10.6 Å². The lowest BCUT2D eigenvalue weighted by atomic mass is 9.87.